The maximum absolute atomic E-state index is 11.6. The van der Waals surface area contributed by atoms with Crippen molar-refractivity contribution in [3.05, 3.63) is 0 Å². The Bertz CT molecular complexity index is 325. The highest BCUT2D eigenvalue weighted by atomic mass is 16.5. The lowest BCUT2D eigenvalue weighted by Crippen LogP contribution is -2.31. The van der Waals surface area contributed by atoms with E-state index < -0.39 is 11.4 Å². The largest absolute Gasteiger partial charge is 0.481 e. The van der Waals surface area contributed by atoms with Crippen molar-refractivity contribution < 1.29 is 24.2 Å². The van der Waals surface area contributed by atoms with Gasteiger partial charge in [-0.1, -0.05) is 13.8 Å². The van der Waals surface area contributed by atoms with Gasteiger partial charge in [-0.3, -0.25) is 14.4 Å². The van der Waals surface area contributed by atoms with Crippen LogP contribution < -0.4 is 5.32 Å². The summed E-state index contributed by atoms with van der Waals surface area (Å²) in [6.45, 7) is 5.96. The molecule has 110 valence electrons. The summed E-state index contributed by atoms with van der Waals surface area (Å²) in [4.78, 5) is 33.2. The number of nitrogens with one attached hydrogen (secondary N) is 1. The Morgan fingerprint density at radius 1 is 1.21 bits per heavy atom. The van der Waals surface area contributed by atoms with Crippen molar-refractivity contribution >= 4 is 17.8 Å². The molecular weight excluding hydrogens is 250 g/mol. The predicted octanol–water partition coefficient (Wildman–Crippen LogP) is 1.34. The Labute approximate surface area is 113 Å². The van der Waals surface area contributed by atoms with E-state index in [-0.39, 0.29) is 31.1 Å². The second kappa shape index (κ2) is 8.50. The summed E-state index contributed by atoms with van der Waals surface area (Å²) in [7, 11) is 0. The van der Waals surface area contributed by atoms with Crippen LogP contribution in [0.25, 0.3) is 0 Å². The van der Waals surface area contributed by atoms with Crippen molar-refractivity contribution in [1.29, 1.82) is 0 Å². The van der Waals surface area contributed by atoms with E-state index in [9.17, 15) is 14.4 Å². The van der Waals surface area contributed by atoms with Gasteiger partial charge in [-0.05, 0) is 18.8 Å². The number of ether oxygens (including phenoxy) is 1. The molecule has 2 N–H and O–H groups in total. The lowest BCUT2D eigenvalue weighted by molar-refractivity contribution is -0.143. The van der Waals surface area contributed by atoms with Crippen LogP contribution in [-0.2, 0) is 19.1 Å². The smallest absolute Gasteiger partial charge is 0.305 e. The van der Waals surface area contributed by atoms with Crippen LogP contribution in [0, 0.1) is 5.41 Å². The van der Waals surface area contributed by atoms with Gasteiger partial charge in [0.05, 0.1) is 13.0 Å². The Kier molecular flexibility index (Phi) is 7.79. The van der Waals surface area contributed by atoms with Crippen molar-refractivity contribution in [1.82, 2.24) is 5.32 Å². The van der Waals surface area contributed by atoms with E-state index in [4.69, 9.17) is 9.84 Å². The molecule has 0 aliphatic carbocycles. The number of aliphatic carboxylic acids is 1. The fourth-order valence-electron chi connectivity index (χ4n) is 1.66. The van der Waals surface area contributed by atoms with Crippen molar-refractivity contribution in [2.24, 2.45) is 5.41 Å². The Morgan fingerprint density at radius 2 is 1.84 bits per heavy atom. The second-order valence-electron chi connectivity index (χ2n) is 5.17. The monoisotopic (exact) mass is 273 g/mol. The molecule has 0 saturated heterocycles. The summed E-state index contributed by atoms with van der Waals surface area (Å²) in [5.41, 5.74) is -0.572. The van der Waals surface area contributed by atoms with Gasteiger partial charge in [0.1, 0.15) is 0 Å². The first-order valence-electron chi connectivity index (χ1n) is 6.41. The van der Waals surface area contributed by atoms with Crippen molar-refractivity contribution in [2.75, 3.05) is 13.2 Å². The zero-order valence-corrected chi connectivity index (χ0v) is 11.8. The summed E-state index contributed by atoms with van der Waals surface area (Å²) in [6.07, 6.45) is 0.887. The standard InChI is InChI=1S/C13H23NO5/c1-4-19-12(18)6-5-7-14-10(15)8-13(2,3)9-11(16)17/h4-9H2,1-3H3,(H,14,15)(H,16,17). The average molecular weight is 273 g/mol. The minimum Gasteiger partial charge on any atom is -0.481 e. The highest BCUT2D eigenvalue weighted by Gasteiger charge is 2.24. The zero-order chi connectivity index (χ0) is 14.9. The van der Waals surface area contributed by atoms with Gasteiger partial charge in [0.2, 0.25) is 5.91 Å². The minimum atomic E-state index is -0.917. The summed E-state index contributed by atoms with van der Waals surface area (Å²) < 4.78 is 4.76. The molecular formula is C13H23NO5. The van der Waals surface area contributed by atoms with Crippen LogP contribution >= 0.6 is 0 Å². The van der Waals surface area contributed by atoms with Gasteiger partial charge in [-0.25, -0.2) is 0 Å². The van der Waals surface area contributed by atoms with Gasteiger partial charge in [-0.15, -0.1) is 0 Å². The number of carbonyl (C=O) groups excluding carboxylic acids is 2. The van der Waals surface area contributed by atoms with Crippen LogP contribution in [0.4, 0.5) is 0 Å². The fraction of sp³-hybridized carbons (Fsp3) is 0.769. The number of carboxylic acids is 1. The Balaban J connectivity index is 3.81. The van der Waals surface area contributed by atoms with Gasteiger partial charge in [0.15, 0.2) is 0 Å². The molecule has 6 heteroatoms. The molecule has 0 spiro atoms. The van der Waals surface area contributed by atoms with Crippen molar-refractivity contribution in [2.45, 2.75) is 46.5 Å². The van der Waals surface area contributed by atoms with Crippen LogP contribution in [-0.4, -0.2) is 36.1 Å². The molecule has 0 fully saturated rings. The van der Waals surface area contributed by atoms with Crippen LogP contribution in [0.1, 0.15) is 46.5 Å². The lowest BCUT2D eigenvalue weighted by Gasteiger charge is -2.21. The summed E-state index contributed by atoms with van der Waals surface area (Å²) >= 11 is 0. The van der Waals surface area contributed by atoms with Crippen molar-refractivity contribution in [3.8, 4) is 0 Å². The summed E-state index contributed by atoms with van der Waals surface area (Å²) in [5.74, 6) is -1.39. The van der Waals surface area contributed by atoms with E-state index in [0.717, 1.165) is 0 Å². The van der Waals surface area contributed by atoms with Crippen LogP contribution in [0.15, 0.2) is 0 Å². The Hall–Kier alpha value is -1.59. The summed E-state index contributed by atoms with van der Waals surface area (Å²) in [5, 5.41) is 11.4. The number of esters is 1. The van der Waals surface area contributed by atoms with Crippen LogP contribution in [0.3, 0.4) is 0 Å². The number of hydrogen-bond donors (Lipinski definition) is 2. The number of amides is 1. The predicted molar refractivity (Wildman–Crippen MR) is 69.5 cm³/mol. The molecule has 0 atom stereocenters. The first-order chi connectivity index (χ1) is 8.76. The maximum atomic E-state index is 11.6. The normalized spacial score (nSPS) is 10.9. The summed E-state index contributed by atoms with van der Waals surface area (Å²) in [6, 6.07) is 0. The van der Waals surface area contributed by atoms with Crippen LogP contribution in [0.2, 0.25) is 0 Å². The van der Waals surface area contributed by atoms with E-state index in [1.165, 1.54) is 0 Å². The van der Waals surface area contributed by atoms with E-state index in [2.05, 4.69) is 5.32 Å². The molecule has 19 heavy (non-hydrogen) atoms. The first kappa shape index (κ1) is 17.4. The molecule has 0 aromatic carbocycles. The van der Waals surface area contributed by atoms with Crippen molar-refractivity contribution in [3.63, 3.8) is 0 Å². The number of rotatable bonds is 9. The molecule has 0 saturated carbocycles. The van der Waals surface area contributed by atoms with Gasteiger partial charge in [-0.2, -0.15) is 0 Å². The highest BCUT2D eigenvalue weighted by molar-refractivity contribution is 5.78. The fourth-order valence-corrected chi connectivity index (χ4v) is 1.66. The third-order valence-corrected chi connectivity index (χ3v) is 2.45. The molecule has 0 aliphatic heterocycles. The highest BCUT2D eigenvalue weighted by Crippen LogP contribution is 2.24. The lowest BCUT2D eigenvalue weighted by atomic mass is 9.85. The number of carboxylic acid groups (broad SMARTS) is 1. The van der Waals surface area contributed by atoms with E-state index in [1.807, 2.05) is 0 Å². The molecule has 6 nitrogen and oxygen atoms in total. The second-order valence-corrected chi connectivity index (χ2v) is 5.17. The SMILES string of the molecule is CCOC(=O)CCCNC(=O)CC(C)(C)CC(=O)O. The van der Waals surface area contributed by atoms with Gasteiger partial charge in [0, 0.05) is 19.4 Å². The third-order valence-electron chi connectivity index (χ3n) is 2.45. The minimum absolute atomic E-state index is 0.0523. The van der Waals surface area contributed by atoms with Gasteiger partial charge < -0.3 is 15.2 Å². The third kappa shape index (κ3) is 10.1. The molecule has 0 bridgehead atoms. The van der Waals surface area contributed by atoms with Gasteiger partial charge >= 0.3 is 11.9 Å². The van der Waals surface area contributed by atoms with E-state index >= 15 is 0 Å². The molecule has 0 heterocycles. The zero-order valence-electron chi connectivity index (χ0n) is 11.8. The molecule has 0 unspecified atom stereocenters. The topological polar surface area (TPSA) is 92.7 Å². The molecule has 1 amide bonds. The Morgan fingerprint density at radius 3 is 2.37 bits per heavy atom. The van der Waals surface area contributed by atoms with Gasteiger partial charge in [0.25, 0.3) is 0 Å². The molecule has 0 aromatic rings. The average Bonchev–Trinajstić information content (AvgIpc) is 2.22. The van der Waals surface area contributed by atoms with Crippen LogP contribution in [0.5, 0.6) is 0 Å². The van der Waals surface area contributed by atoms with E-state index in [0.29, 0.717) is 19.6 Å². The maximum Gasteiger partial charge on any atom is 0.305 e. The quantitative estimate of drug-likeness (QED) is 0.488. The molecule has 0 aromatic heterocycles. The number of carbonyl (C=O) groups is 3. The first-order valence-corrected chi connectivity index (χ1v) is 6.41. The van der Waals surface area contributed by atoms with E-state index in [1.54, 1.807) is 20.8 Å². The molecule has 0 radical (unpaired) electrons. The molecule has 0 rings (SSSR count). The molecule has 0 aliphatic rings. The number of hydrogen-bond acceptors (Lipinski definition) is 4.